The first-order valence-electron chi connectivity index (χ1n) is 4.70. The van der Waals surface area contributed by atoms with Crippen molar-refractivity contribution in [1.82, 2.24) is 5.32 Å². The molecule has 2 nitrogen and oxygen atoms in total. The summed E-state index contributed by atoms with van der Waals surface area (Å²) in [6.45, 7) is 2.09. The minimum atomic E-state index is 0.694. The summed E-state index contributed by atoms with van der Waals surface area (Å²) in [5.41, 5.74) is 2.83. The van der Waals surface area contributed by atoms with E-state index in [1.54, 1.807) is 0 Å². The third-order valence-corrected chi connectivity index (χ3v) is 1.98. The number of nitriles is 1. The second-order valence-electron chi connectivity index (χ2n) is 2.97. The van der Waals surface area contributed by atoms with Gasteiger partial charge in [0.05, 0.1) is 11.6 Å². The summed E-state index contributed by atoms with van der Waals surface area (Å²) >= 11 is 0. The molecule has 0 amide bonds. The molecule has 0 spiro atoms. The Morgan fingerprint density at radius 2 is 2.36 bits per heavy atom. The fourth-order valence-corrected chi connectivity index (χ4v) is 1.32. The van der Waals surface area contributed by atoms with Gasteiger partial charge in [0.25, 0.3) is 0 Å². The Morgan fingerprint density at radius 1 is 1.57 bits per heavy atom. The van der Waals surface area contributed by atoms with Gasteiger partial charge in [-0.05, 0) is 24.1 Å². The lowest BCUT2D eigenvalue weighted by Crippen LogP contribution is -2.04. The molecule has 0 saturated carbocycles. The fourth-order valence-electron chi connectivity index (χ4n) is 1.32. The minimum absolute atomic E-state index is 0.694. The van der Waals surface area contributed by atoms with E-state index in [1.165, 1.54) is 0 Å². The van der Waals surface area contributed by atoms with Crippen LogP contribution in [0.25, 0.3) is 5.70 Å². The molecule has 1 aromatic rings. The summed E-state index contributed by atoms with van der Waals surface area (Å²) < 4.78 is 0. The number of hydrogen-bond acceptors (Lipinski definition) is 2. The lowest BCUT2D eigenvalue weighted by molar-refractivity contribution is 1.10. The highest BCUT2D eigenvalue weighted by molar-refractivity contribution is 5.64. The van der Waals surface area contributed by atoms with E-state index in [-0.39, 0.29) is 0 Å². The molecular weight excluding hydrogens is 172 g/mol. The van der Waals surface area contributed by atoms with E-state index in [0.29, 0.717) is 5.56 Å². The standard InChI is InChI=1S/C12H14N2/c1-3-5-12(14-2)11-7-4-6-10(8-11)9-13/h4-8,14H,3H2,1-2H3/b12-5-. The van der Waals surface area contributed by atoms with Gasteiger partial charge in [0.2, 0.25) is 0 Å². The number of benzene rings is 1. The molecule has 72 valence electrons. The Labute approximate surface area is 84.9 Å². The molecule has 1 N–H and O–H groups in total. The highest BCUT2D eigenvalue weighted by Gasteiger charge is 1.98. The fraction of sp³-hybridized carbons (Fsp3) is 0.250. The Morgan fingerprint density at radius 3 is 2.93 bits per heavy atom. The quantitative estimate of drug-likeness (QED) is 0.787. The van der Waals surface area contributed by atoms with Gasteiger partial charge in [-0.2, -0.15) is 5.26 Å². The second kappa shape index (κ2) is 5.08. The van der Waals surface area contributed by atoms with E-state index in [9.17, 15) is 0 Å². The topological polar surface area (TPSA) is 35.8 Å². The SMILES string of the molecule is CC/C=C(\NC)c1cccc(C#N)c1. The maximum atomic E-state index is 8.76. The Kier molecular flexibility index (Phi) is 3.75. The highest BCUT2D eigenvalue weighted by atomic mass is 14.8. The predicted octanol–water partition coefficient (Wildman–Crippen LogP) is 2.53. The van der Waals surface area contributed by atoms with Crippen LogP contribution >= 0.6 is 0 Å². The molecule has 0 aliphatic carbocycles. The van der Waals surface area contributed by atoms with Crippen molar-refractivity contribution in [2.45, 2.75) is 13.3 Å². The molecule has 0 aliphatic heterocycles. The van der Waals surface area contributed by atoms with Crippen molar-refractivity contribution in [1.29, 1.82) is 5.26 Å². The summed E-state index contributed by atoms with van der Waals surface area (Å²) in [5, 5.41) is 11.9. The van der Waals surface area contributed by atoms with Crippen LogP contribution < -0.4 is 5.32 Å². The lowest BCUT2D eigenvalue weighted by Gasteiger charge is -2.06. The van der Waals surface area contributed by atoms with Crippen molar-refractivity contribution in [2.24, 2.45) is 0 Å². The molecular formula is C12H14N2. The van der Waals surface area contributed by atoms with Crippen LogP contribution in [0.2, 0.25) is 0 Å². The smallest absolute Gasteiger partial charge is 0.0991 e. The molecule has 0 radical (unpaired) electrons. The van der Waals surface area contributed by atoms with Gasteiger partial charge in [-0.1, -0.05) is 25.1 Å². The van der Waals surface area contributed by atoms with Crippen molar-refractivity contribution in [3.05, 3.63) is 41.5 Å². The normalized spacial score (nSPS) is 10.8. The van der Waals surface area contributed by atoms with Crippen molar-refractivity contribution in [3.63, 3.8) is 0 Å². The van der Waals surface area contributed by atoms with Gasteiger partial charge in [-0.15, -0.1) is 0 Å². The Balaban J connectivity index is 3.06. The Hall–Kier alpha value is -1.75. The van der Waals surface area contributed by atoms with Crippen LogP contribution in [-0.2, 0) is 0 Å². The molecule has 0 unspecified atom stereocenters. The average molecular weight is 186 g/mol. The number of nitrogens with zero attached hydrogens (tertiary/aromatic N) is 1. The van der Waals surface area contributed by atoms with E-state index in [0.717, 1.165) is 17.7 Å². The van der Waals surface area contributed by atoms with Crippen LogP contribution in [0.4, 0.5) is 0 Å². The van der Waals surface area contributed by atoms with E-state index in [2.05, 4.69) is 24.4 Å². The van der Waals surface area contributed by atoms with Crippen molar-refractivity contribution in [2.75, 3.05) is 7.05 Å². The van der Waals surface area contributed by atoms with Gasteiger partial charge in [0.1, 0.15) is 0 Å². The van der Waals surface area contributed by atoms with Gasteiger partial charge in [-0.25, -0.2) is 0 Å². The van der Waals surface area contributed by atoms with Gasteiger partial charge in [0.15, 0.2) is 0 Å². The molecule has 0 bridgehead atoms. The first-order chi connectivity index (χ1) is 6.81. The van der Waals surface area contributed by atoms with Crippen LogP contribution in [0.3, 0.4) is 0 Å². The third kappa shape index (κ3) is 2.37. The number of rotatable bonds is 3. The third-order valence-electron chi connectivity index (χ3n) is 1.98. The van der Waals surface area contributed by atoms with Gasteiger partial charge in [0, 0.05) is 12.7 Å². The van der Waals surface area contributed by atoms with Crippen LogP contribution in [0.15, 0.2) is 30.3 Å². The zero-order chi connectivity index (χ0) is 10.4. The van der Waals surface area contributed by atoms with Gasteiger partial charge >= 0.3 is 0 Å². The summed E-state index contributed by atoms with van der Waals surface area (Å²) in [6.07, 6.45) is 3.09. The van der Waals surface area contributed by atoms with E-state index in [1.807, 2.05) is 31.3 Å². The van der Waals surface area contributed by atoms with Gasteiger partial charge in [-0.3, -0.25) is 0 Å². The van der Waals surface area contributed by atoms with E-state index >= 15 is 0 Å². The lowest BCUT2D eigenvalue weighted by atomic mass is 10.1. The Bertz CT molecular complexity index is 372. The second-order valence-corrected chi connectivity index (χ2v) is 2.97. The predicted molar refractivity (Wildman–Crippen MR) is 58.5 cm³/mol. The first kappa shape index (κ1) is 10.3. The molecule has 14 heavy (non-hydrogen) atoms. The minimum Gasteiger partial charge on any atom is -0.388 e. The van der Waals surface area contributed by atoms with Crippen molar-refractivity contribution in [3.8, 4) is 6.07 Å². The molecule has 1 aromatic carbocycles. The van der Waals surface area contributed by atoms with Crippen LogP contribution in [0.5, 0.6) is 0 Å². The number of nitrogens with one attached hydrogen (secondary N) is 1. The average Bonchev–Trinajstić information content (AvgIpc) is 2.26. The zero-order valence-corrected chi connectivity index (χ0v) is 8.54. The number of hydrogen-bond donors (Lipinski definition) is 1. The number of allylic oxidation sites excluding steroid dienone is 1. The maximum absolute atomic E-state index is 8.76. The maximum Gasteiger partial charge on any atom is 0.0991 e. The van der Waals surface area contributed by atoms with Crippen LogP contribution in [0.1, 0.15) is 24.5 Å². The molecule has 0 aliphatic rings. The van der Waals surface area contributed by atoms with E-state index < -0.39 is 0 Å². The summed E-state index contributed by atoms with van der Waals surface area (Å²) in [5.74, 6) is 0. The highest BCUT2D eigenvalue weighted by Crippen LogP contribution is 2.13. The van der Waals surface area contributed by atoms with Crippen molar-refractivity contribution < 1.29 is 0 Å². The van der Waals surface area contributed by atoms with Crippen LogP contribution in [-0.4, -0.2) is 7.05 Å². The monoisotopic (exact) mass is 186 g/mol. The zero-order valence-electron chi connectivity index (χ0n) is 8.54. The largest absolute Gasteiger partial charge is 0.388 e. The van der Waals surface area contributed by atoms with Gasteiger partial charge < -0.3 is 5.32 Å². The molecule has 0 aromatic heterocycles. The molecule has 2 heteroatoms. The summed E-state index contributed by atoms with van der Waals surface area (Å²) in [7, 11) is 1.89. The summed E-state index contributed by atoms with van der Waals surface area (Å²) in [6, 6.07) is 9.72. The van der Waals surface area contributed by atoms with Crippen LogP contribution in [0, 0.1) is 11.3 Å². The van der Waals surface area contributed by atoms with E-state index in [4.69, 9.17) is 5.26 Å². The van der Waals surface area contributed by atoms with Crippen molar-refractivity contribution >= 4 is 5.70 Å². The molecule has 0 fully saturated rings. The molecule has 0 atom stereocenters. The molecule has 1 rings (SSSR count). The summed E-state index contributed by atoms with van der Waals surface area (Å²) in [4.78, 5) is 0. The molecule has 0 saturated heterocycles. The molecule has 0 heterocycles. The first-order valence-corrected chi connectivity index (χ1v) is 4.70.